The largest absolute Gasteiger partial charge is 0.493 e. The maximum absolute atomic E-state index is 11.3. The van der Waals surface area contributed by atoms with E-state index < -0.39 is 0 Å². The molecule has 1 aliphatic heterocycles. The number of nitrogens with one attached hydrogen (secondary N) is 1. The molecule has 3 heterocycles. The highest BCUT2D eigenvalue weighted by molar-refractivity contribution is 7.10. The number of benzene rings is 2. The number of aromatic nitrogens is 2. The van der Waals surface area contributed by atoms with Crippen LogP contribution in [0.25, 0.3) is 22.8 Å². The lowest BCUT2D eigenvalue weighted by molar-refractivity contribution is 0.455. The van der Waals surface area contributed by atoms with Gasteiger partial charge in [-0.3, -0.25) is 9.78 Å². The van der Waals surface area contributed by atoms with Gasteiger partial charge in [-0.2, -0.15) is 0 Å². The van der Waals surface area contributed by atoms with Crippen LogP contribution in [0.5, 0.6) is 5.88 Å². The van der Waals surface area contributed by atoms with Crippen LogP contribution < -0.4 is 26.2 Å². The van der Waals surface area contributed by atoms with Crippen LogP contribution in [0.4, 0.5) is 0 Å². The Morgan fingerprint density at radius 3 is 2.38 bits per heavy atom. The van der Waals surface area contributed by atoms with Crippen molar-refractivity contribution in [3.8, 4) is 5.88 Å². The predicted octanol–water partition coefficient (Wildman–Crippen LogP) is 1.84. The first-order chi connectivity index (χ1) is 14.0. The average Bonchev–Trinajstić information content (AvgIpc) is 3.24. The van der Waals surface area contributed by atoms with Gasteiger partial charge in [0.2, 0.25) is 5.88 Å². The van der Waals surface area contributed by atoms with Gasteiger partial charge in [0.15, 0.2) is 5.82 Å². The number of fused-ring (bicyclic) bond motifs is 2. The van der Waals surface area contributed by atoms with Crippen LogP contribution in [0.2, 0.25) is 10.0 Å². The van der Waals surface area contributed by atoms with E-state index >= 15 is 0 Å². The molecule has 0 atom stereocenters. The minimum atomic E-state index is -0.316. The van der Waals surface area contributed by atoms with Crippen molar-refractivity contribution in [2.45, 2.75) is 0 Å². The number of aromatic amines is 1. The average molecular weight is 441 g/mol. The highest BCUT2D eigenvalue weighted by Crippen LogP contribution is 2.18. The molecule has 29 heavy (non-hydrogen) atoms. The molecule has 9 heteroatoms. The molecule has 0 radical (unpaired) electrons. The van der Waals surface area contributed by atoms with Crippen LogP contribution in [-0.4, -0.2) is 15.1 Å². The number of rotatable bonds is 1. The lowest BCUT2D eigenvalue weighted by Gasteiger charge is -1.98. The molecular weight excluding hydrogens is 431 g/mol. The first kappa shape index (κ1) is 18.1. The summed E-state index contributed by atoms with van der Waals surface area (Å²) >= 11 is 13.0. The SMILES string of the molecule is O=c1[nH]c(O)c(C=c2ccc3cc(=C4N=c5cc(Cl)c(Cl)cc5=N4)ccc3n2)s1. The van der Waals surface area contributed by atoms with E-state index in [9.17, 15) is 9.90 Å². The monoisotopic (exact) mass is 440 g/mol. The van der Waals surface area contributed by atoms with E-state index in [-0.39, 0.29) is 10.8 Å². The summed E-state index contributed by atoms with van der Waals surface area (Å²) in [4.78, 5) is 27.4. The van der Waals surface area contributed by atoms with Crippen molar-refractivity contribution in [3.05, 3.63) is 88.3 Å². The third-order valence-electron chi connectivity index (χ3n) is 4.37. The summed E-state index contributed by atoms with van der Waals surface area (Å²) in [5.74, 6) is 0.427. The highest BCUT2D eigenvalue weighted by Gasteiger charge is 2.08. The number of pyridine rings is 1. The second kappa shape index (κ2) is 6.81. The summed E-state index contributed by atoms with van der Waals surface area (Å²) < 4.78 is 0. The topological polar surface area (TPSA) is 90.7 Å². The summed E-state index contributed by atoms with van der Waals surface area (Å²) in [5.41, 5.74) is 0.770. The molecule has 2 N–H and O–H groups in total. The molecule has 0 saturated heterocycles. The van der Waals surface area contributed by atoms with E-state index in [0.29, 0.717) is 36.8 Å². The maximum Gasteiger partial charge on any atom is 0.307 e. The Bertz CT molecular complexity index is 1580. The second-order valence-electron chi connectivity index (χ2n) is 6.32. The standard InChI is InChI=1S/C20H10Cl2N4O2S/c21-12-7-15-16(8-13(12)22)25-18(24-15)10-2-4-14-9(5-10)1-3-11(23-14)6-17-19(27)26-20(28)29-17/h1-8,27H,(H,26,28). The normalized spacial score (nSPS) is 13.4. The molecule has 1 aliphatic rings. The van der Waals surface area contributed by atoms with Gasteiger partial charge in [0, 0.05) is 10.6 Å². The van der Waals surface area contributed by atoms with Crippen molar-refractivity contribution in [3.63, 3.8) is 0 Å². The van der Waals surface area contributed by atoms with Crippen molar-refractivity contribution < 1.29 is 5.11 Å². The Balaban J connectivity index is 1.64. The zero-order chi connectivity index (χ0) is 20.1. The Morgan fingerprint density at radius 1 is 1.00 bits per heavy atom. The fourth-order valence-corrected chi connectivity index (χ4v) is 4.00. The third-order valence-corrected chi connectivity index (χ3v) is 5.92. The summed E-state index contributed by atoms with van der Waals surface area (Å²) in [6, 6.07) is 12.9. The van der Waals surface area contributed by atoms with E-state index in [1.54, 1.807) is 18.2 Å². The Morgan fingerprint density at radius 2 is 1.72 bits per heavy atom. The number of hydrogen-bond acceptors (Lipinski definition) is 6. The van der Waals surface area contributed by atoms with Crippen LogP contribution in [-0.2, 0) is 0 Å². The molecule has 0 spiro atoms. The fraction of sp³-hybridized carbons (Fsp3) is 0. The molecule has 2 aromatic carbocycles. The molecule has 0 amide bonds. The van der Waals surface area contributed by atoms with Crippen molar-refractivity contribution in [1.82, 2.24) is 9.97 Å². The molecule has 0 unspecified atom stereocenters. The number of hydrogen-bond donors (Lipinski definition) is 2. The molecule has 0 bridgehead atoms. The Kier molecular flexibility index (Phi) is 4.24. The smallest absolute Gasteiger partial charge is 0.307 e. The minimum absolute atomic E-state index is 0.155. The molecule has 4 aromatic rings. The molecule has 142 valence electrons. The van der Waals surface area contributed by atoms with Gasteiger partial charge in [-0.15, -0.1) is 0 Å². The van der Waals surface area contributed by atoms with Crippen molar-refractivity contribution >= 4 is 57.3 Å². The third kappa shape index (κ3) is 3.33. The maximum atomic E-state index is 11.3. The van der Waals surface area contributed by atoms with Crippen LogP contribution >= 0.6 is 34.5 Å². The van der Waals surface area contributed by atoms with Crippen molar-refractivity contribution in [2.75, 3.05) is 0 Å². The molecule has 0 fully saturated rings. The zero-order valence-corrected chi connectivity index (χ0v) is 16.8. The zero-order valence-electron chi connectivity index (χ0n) is 14.5. The molecule has 0 aliphatic carbocycles. The van der Waals surface area contributed by atoms with Crippen molar-refractivity contribution in [1.29, 1.82) is 0 Å². The van der Waals surface area contributed by atoms with E-state index in [0.717, 1.165) is 27.5 Å². The van der Waals surface area contributed by atoms with Crippen LogP contribution in [0.15, 0.2) is 57.2 Å². The predicted molar refractivity (Wildman–Crippen MR) is 113 cm³/mol. The van der Waals surface area contributed by atoms with Gasteiger partial charge in [-0.1, -0.05) is 40.6 Å². The van der Waals surface area contributed by atoms with Gasteiger partial charge in [0.25, 0.3) is 0 Å². The van der Waals surface area contributed by atoms with Gasteiger partial charge in [-0.05, 0) is 42.5 Å². The summed E-state index contributed by atoms with van der Waals surface area (Å²) in [7, 11) is 0. The van der Waals surface area contributed by atoms with Crippen LogP contribution in [0.3, 0.4) is 0 Å². The van der Waals surface area contributed by atoms with E-state index in [2.05, 4.69) is 20.0 Å². The Hall–Kier alpha value is -3.00. The van der Waals surface area contributed by atoms with Gasteiger partial charge in [0.05, 0.1) is 36.5 Å². The number of thiazole rings is 1. The van der Waals surface area contributed by atoms with E-state index in [1.165, 1.54) is 0 Å². The molecular formula is C20H10Cl2N4O2S. The summed E-state index contributed by atoms with van der Waals surface area (Å²) in [5, 5.41) is 14.4. The molecule has 0 saturated carbocycles. The fourth-order valence-electron chi connectivity index (χ4n) is 3.01. The number of H-pyrrole nitrogens is 1. The first-order valence-electron chi connectivity index (χ1n) is 8.44. The molecule has 2 aromatic heterocycles. The first-order valence-corrected chi connectivity index (χ1v) is 10.0. The van der Waals surface area contributed by atoms with Crippen LogP contribution in [0, 0.1) is 0 Å². The Labute approximate surface area is 176 Å². The van der Waals surface area contributed by atoms with Gasteiger partial charge < -0.3 is 5.11 Å². The summed E-state index contributed by atoms with van der Waals surface area (Å²) in [6.07, 6.45) is 1.66. The lowest BCUT2D eigenvalue weighted by atomic mass is 10.2. The number of aromatic hydroxyl groups is 1. The number of halogens is 2. The quantitative estimate of drug-likeness (QED) is 0.473. The van der Waals surface area contributed by atoms with E-state index in [1.807, 2.05) is 30.3 Å². The molecule has 5 rings (SSSR count). The van der Waals surface area contributed by atoms with Gasteiger partial charge in [0.1, 0.15) is 0 Å². The van der Waals surface area contributed by atoms with Crippen molar-refractivity contribution in [2.24, 2.45) is 9.98 Å². The van der Waals surface area contributed by atoms with E-state index in [4.69, 9.17) is 23.2 Å². The van der Waals surface area contributed by atoms with Gasteiger partial charge in [-0.25, -0.2) is 15.0 Å². The summed E-state index contributed by atoms with van der Waals surface area (Å²) in [6.45, 7) is 0. The highest BCUT2D eigenvalue weighted by atomic mass is 35.5. The van der Waals surface area contributed by atoms with Gasteiger partial charge >= 0.3 is 4.87 Å². The lowest BCUT2D eigenvalue weighted by Crippen LogP contribution is -2.20. The number of nitrogens with zero attached hydrogens (tertiary/aromatic N) is 3. The minimum Gasteiger partial charge on any atom is -0.493 e. The molecule has 6 nitrogen and oxygen atoms in total. The van der Waals surface area contributed by atoms with Crippen LogP contribution in [0.1, 0.15) is 4.88 Å². The second-order valence-corrected chi connectivity index (χ2v) is 8.15.